The maximum absolute atomic E-state index is 12.8. The van der Waals surface area contributed by atoms with E-state index in [-0.39, 0.29) is 5.91 Å². The van der Waals surface area contributed by atoms with E-state index in [4.69, 9.17) is 11.6 Å². The largest absolute Gasteiger partial charge is 0.335 e. The van der Waals surface area contributed by atoms with Crippen LogP contribution < -0.4 is 0 Å². The van der Waals surface area contributed by atoms with E-state index in [0.29, 0.717) is 23.7 Å². The summed E-state index contributed by atoms with van der Waals surface area (Å²) in [6.07, 6.45) is 1.49. The van der Waals surface area contributed by atoms with Gasteiger partial charge in [-0.1, -0.05) is 35.9 Å². The predicted molar refractivity (Wildman–Crippen MR) is 91.0 cm³/mol. The molecule has 2 aromatic carbocycles. The van der Waals surface area contributed by atoms with Crippen molar-refractivity contribution in [3.05, 3.63) is 71.0 Å². The first-order valence-electron chi connectivity index (χ1n) is 7.55. The predicted octanol–water partition coefficient (Wildman–Crippen LogP) is 2.98. The van der Waals surface area contributed by atoms with Crippen LogP contribution in [-0.4, -0.2) is 37.6 Å². The summed E-state index contributed by atoms with van der Waals surface area (Å²) in [5.74, 6) is -0.0626. The highest BCUT2D eigenvalue weighted by Crippen LogP contribution is 2.19. The van der Waals surface area contributed by atoms with Gasteiger partial charge in [0.1, 0.15) is 6.33 Å². The molecule has 0 aliphatic carbocycles. The Morgan fingerprint density at radius 1 is 1.21 bits per heavy atom. The van der Waals surface area contributed by atoms with Crippen molar-refractivity contribution in [3.63, 3.8) is 0 Å². The maximum atomic E-state index is 12.8. The average Bonchev–Trinajstić information content (AvgIpc) is 3.15. The number of nitrogens with zero attached hydrogens (tertiary/aromatic N) is 5. The van der Waals surface area contributed by atoms with Gasteiger partial charge in [-0.15, -0.1) is 5.10 Å². The number of carbonyl (C=O) groups excluding carboxylic acids is 1. The lowest BCUT2D eigenvalue weighted by Crippen LogP contribution is -2.30. The number of tetrazole rings is 1. The standard InChI is InChI=1S/C17H16ClN5O/c1-2-22(11-14-6-3-4-9-16(14)18)17(24)13-7-5-8-15(10-13)23-12-19-20-21-23/h3-10,12H,2,11H2,1H3. The second-order valence-corrected chi connectivity index (χ2v) is 5.62. The van der Waals surface area contributed by atoms with Gasteiger partial charge in [-0.3, -0.25) is 4.79 Å². The number of hydrogen-bond acceptors (Lipinski definition) is 4. The molecule has 0 atom stereocenters. The van der Waals surface area contributed by atoms with Crippen molar-refractivity contribution in [1.29, 1.82) is 0 Å². The molecule has 0 unspecified atom stereocenters. The van der Waals surface area contributed by atoms with E-state index in [1.54, 1.807) is 17.0 Å². The van der Waals surface area contributed by atoms with Crippen LogP contribution in [0.5, 0.6) is 0 Å². The zero-order chi connectivity index (χ0) is 16.9. The van der Waals surface area contributed by atoms with Crippen molar-refractivity contribution < 1.29 is 4.79 Å². The van der Waals surface area contributed by atoms with Gasteiger partial charge in [0, 0.05) is 23.7 Å². The lowest BCUT2D eigenvalue weighted by Gasteiger charge is -2.22. The van der Waals surface area contributed by atoms with Crippen LogP contribution in [0.3, 0.4) is 0 Å². The summed E-state index contributed by atoms with van der Waals surface area (Å²) < 4.78 is 1.52. The summed E-state index contributed by atoms with van der Waals surface area (Å²) >= 11 is 6.21. The van der Waals surface area contributed by atoms with Crippen molar-refractivity contribution in [2.75, 3.05) is 6.54 Å². The molecule has 0 fully saturated rings. The molecule has 0 spiro atoms. The number of hydrogen-bond donors (Lipinski definition) is 0. The van der Waals surface area contributed by atoms with Gasteiger partial charge in [0.05, 0.1) is 5.69 Å². The first-order valence-corrected chi connectivity index (χ1v) is 7.93. The monoisotopic (exact) mass is 341 g/mol. The van der Waals surface area contributed by atoms with Crippen LogP contribution in [0.1, 0.15) is 22.8 Å². The Labute approximate surface area is 144 Å². The van der Waals surface area contributed by atoms with Crippen LogP contribution in [0.2, 0.25) is 5.02 Å². The van der Waals surface area contributed by atoms with Crippen LogP contribution in [0.4, 0.5) is 0 Å². The first kappa shape index (κ1) is 16.1. The number of amides is 1. The highest BCUT2D eigenvalue weighted by Gasteiger charge is 2.16. The van der Waals surface area contributed by atoms with Gasteiger partial charge in [0.2, 0.25) is 0 Å². The fraction of sp³-hybridized carbons (Fsp3) is 0.176. The Kier molecular flexibility index (Phi) is 4.86. The van der Waals surface area contributed by atoms with Gasteiger partial charge in [-0.25, -0.2) is 4.68 Å². The van der Waals surface area contributed by atoms with Gasteiger partial charge in [0.15, 0.2) is 0 Å². The molecular weight excluding hydrogens is 326 g/mol. The number of aromatic nitrogens is 4. The molecule has 7 heteroatoms. The second-order valence-electron chi connectivity index (χ2n) is 5.22. The van der Waals surface area contributed by atoms with Crippen LogP contribution >= 0.6 is 11.6 Å². The molecule has 1 amide bonds. The van der Waals surface area contributed by atoms with Crippen LogP contribution in [0.15, 0.2) is 54.9 Å². The van der Waals surface area contributed by atoms with E-state index in [0.717, 1.165) is 11.3 Å². The third-order valence-corrected chi connectivity index (χ3v) is 4.06. The van der Waals surface area contributed by atoms with Crippen molar-refractivity contribution >= 4 is 17.5 Å². The van der Waals surface area contributed by atoms with Crippen LogP contribution in [-0.2, 0) is 6.54 Å². The fourth-order valence-electron chi connectivity index (χ4n) is 2.40. The highest BCUT2D eigenvalue weighted by atomic mass is 35.5. The summed E-state index contributed by atoms with van der Waals surface area (Å²) in [5, 5.41) is 11.7. The number of benzene rings is 2. The Bertz CT molecular complexity index is 835. The molecule has 0 saturated carbocycles. The summed E-state index contributed by atoms with van der Waals surface area (Å²) in [6, 6.07) is 14.8. The van der Waals surface area contributed by atoms with Gasteiger partial charge >= 0.3 is 0 Å². The fourth-order valence-corrected chi connectivity index (χ4v) is 2.60. The minimum Gasteiger partial charge on any atom is -0.335 e. The molecule has 0 radical (unpaired) electrons. The normalized spacial score (nSPS) is 10.6. The van der Waals surface area contributed by atoms with Crippen molar-refractivity contribution in [2.24, 2.45) is 0 Å². The highest BCUT2D eigenvalue weighted by molar-refractivity contribution is 6.31. The summed E-state index contributed by atoms with van der Waals surface area (Å²) in [7, 11) is 0. The minimum absolute atomic E-state index is 0.0626. The van der Waals surface area contributed by atoms with Crippen molar-refractivity contribution in [1.82, 2.24) is 25.1 Å². The Balaban J connectivity index is 1.84. The molecule has 0 aliphatic rings. The Morgan fingerprint density at radius 2 is 2.04 bits per heavy atom. The third kappa shape index (κ3) is 3.44. The van der Waals surface area contributed by atoms with Gasteiger partial charge in [-0.2, -0.15) is 0 Å². The smallest absolute Gasteiger partial charge is 0.254 e. The van der Waals surface area contributed by atoms with E-state index in [1.165, 1.54) is 11.0 Å². The van der Waals surface area contributed by atoms with E-state index < -0.39 is 0 Å². The lowest BCUT2D eigenvalue weighted by atomic mass is 10.1. The van der Waals surface area contributed by atoms with E-state index in [1.807, 2.05) is 43.3 Å². The van der Waals surface area contributed by atoms with Gasteiger partial charge < -0.3 is 4.90 Å². The van der Waals surface area contributed by atoms with Crippen LogP contribution in [0.25, 0.3) is 5.69 Å². The summed E-state index contributed by atoms with van der Waals surface area (Å²) in [6.45, 7) is 2.99. The van der Waals surface area contributed by atoms with Gasteiger partial charge in [-0.05, 0) is 47.2 Å². The Hall–Kier alpha value is -2.73. The summed E-state index contributed by atoms with van der Waals surface area (Å²) in [4.78, 5) is 14.6. The number of carbonyl (C=O) groups is 1. The maximum Gasteiger partial charge on any atom is 0.254 e. The molecule has 1 aromatic heterocycles. The third-order valence-electron chi connectivity index (χ3n) is 3.69. The van der Waals surface area contributed by atoms with E-state index in [9.17, 15) is 4.79 Å². The Morgan fingerprint density at radius 3 is 2.75 bits per heavy atom. The molecule has 3 rings (SSSR count). The molecular formula is C17H16ClN5O. The molecule has 24 heavy (non-hydrogen) atoms. The minimum atomic E-state index is -0.0626. The lowest BCUT2D eigenvalue weighted by molar-refractivity contribution is 0.0752. The topological polar surface area (TPSA) is 63.9 Å². The average molecular weight is 342 g/mol. The molecule has 0 saturated heterocycles. The number of rotatable bonds is 5. The first-order chi connectivity index (χ1) is 11.7. The summed E-state index contributed by atoms with van der Waals surface area (Å²) in [5.41, 5.74) is 2.24. The SMILES string of the molecule is CCN(Cc1ccccc1Cl)C(=O)c1cccc(-n2cnnn2)c1. The molecule has 3 aromatic rings. The van der Waals surface area contributed by atoms with Crippen LogP contribution in [0, 0.1) is 0 Å². The zero-order valence-corrected chi connectivity index (χ0v) is 13.9. The molecule has 1 heterocycles. The quantitative estimate of drug-likeness (QED) is 0.715. The van der Waals surface area contributed by atoms with E-state index >= 15 is 0 Å². The molecule has 6 nitrogen and oxygen atoms in total. The molecule has 0 bridgehead atoms. The molecule has 0 N–H and O–H groups in total. The zero-order valence-electron chi connectivity index (χ0n) is 13.1. The van der Waals surface area contributed by atoms with Gasteiger partial charge in [0.25, 0.3) is 5.91 Å². The molecule has 0 aliphatic heterocycles. The van der Waals surface area contributed by atoms with Crippen molar-refractivity contribution in [2.45, 2.75) is 13.5 Å². The van der Waals surface area contributed by atoms with Crippen molar-refractivity contribution in [3.8, 4) is 5.69 Å². The molecule has 122 valence electrons. The second kappa shape index (κ2) is 7.23. The number of halogens is 1. The van der Waals surface area contributed by atoms with E-state index in [2.05, 4.69) is 15.5 Å².